The van der Waals surface area contributed by atoms with E-state index < -0.39 is 5.97 Å². The minimum Gasteiger partial charge on any atom is -0.492 e. The molecule has 0 spiro atoms. The molecule has 0 saturated carbocycles. The predicted octanol–water partition coefficient (Wildman–Crippen LogP) is 3.64. The Kier molecular flexibility index (Phi) is 6.93. The van der Waals surface area contributed by atoms with Gasteiger partial charge < -0.3 is 24.1 Å². The number of carboxylic acid groups (broad SMARTS) is 1. The van der Waals surface area contributed by atoms with Crippen LogP contribution in [-0.2, 0) is 17.6 Å². The summed E-state index contributed by atoms with van der Waals surface area (Å²) in [6.07, 6.45) is 1.11. The molecule has 6 heteroatoms. The zero-order chi connectivity index (χ0) is 20.0. The minimum absolute atomic E-state index is 0.0857. The Bertz CT molecular complexity index is 813. The molecule has 0 amide bonds. The summed E-state index contributed by atoms with van der Waals surface area (Å²) in [5.41, 5.74) is 3.83. The number of ether oxygens (including phenoxy) is 4. The van der Waals surface area contributed by atoms with Crippen molar-refractivity contribution >= 4 is 5.97 Å². The molecule has 0 aromatic heterocycles. The molecule has 2 rings (SSSR count). The number of benzene rings is 2. The Morgan fingerprint density at radius 3 is 1.89 bits per heavy atom. The van der Waals surface area contributed by atoms with Crippen LogP contribution in [0.2, 0.25) is 0 Å². The first kappa shape index (κ1) is 20.4. The van der Waals surface area contributed by atoms with Crippen molar-refractivity contribution in [1.82, 2.24) is 0 Å². The van der Waals surface area contributed by atoms with Gasteiger partial charge in [0.2, 0.25) is 11.5 Å². The summed E-state index contributed by atoms with van der Waals surface area (Å²) in [6.45, 7) is 1.94. The van der Waals surface area contributed by atoms with Crippen molar-refractivity contribution < 1.29 is 28.8 Å². The molecular formula is C21H26O6. The number of aliphatic carboxylic acids is 1. The lowest BCUT2D eigenvalue weighted by Crippen LogP contribution is -2.07. The van der Waals surface area contributed by atoms with Crippen LogP contribution in [0.3, 0.4) is 0 Å². The third-order valence-electron chi connectivity index (χ3n) is 4.60. The van der Waals surface area contributed by atoms with E-state index in [2.05, 4.69) is 0 Å². The number of carbonyl (C=O) groups is 1. The second-order valence-corrected chi connectivity index (χ2v) is 6.08. The summed E-state index contributed by atoms with van der Waals surface area (Å²) >= 11 is 0. The number of carboxylic acids is 1. The molecule has 0 aliphatic heterocycles. The Morgan fingerprint density at radius 2 is 1.37 bits per heavy atom. The second kappa shape index (κ2) is 9.16. The van der Waals surface area contributed by atoms with Crippen LogP contribution in [0, 0.1) is 6.92 Å². The van der Waals surface area contributed by atoms with Gasteiger partial charge in [0.05, 0.1) is 28.4 Å². The van der Waals surface area contributed by atoms with Crippen molar-refractivity contribution in [2.75, 3.05) is 28.4 Å². The van der Waals surface area contributed by atoms with E-state index in [0.29, 0.717) is 35.8 Å². The standard InChI is InChI=1S/C21H26O6/c1-13-16(12-15-9-7-6-8-14(15)10-11-17(22)23)19(25-3)21(27-5)20(26-4)18(13)24-2/h6-9H,10-12H2,1-5H3,(H,22,23). The first-order valence-electron chi connectivity index (χ1n) is 8.62. The smallest absolute Gasteiger partial charge is 0.303 e. The molecule has 0 saturated heterocycles. The van der Waals surface area contributed by atoms with Crippen LogP contribution in [0.1, 0.15) is 28.7 Å². The van der Waals surface area contributed by atoms with Gasteiger partial charge in [0, 0.05) is 24.0 Å². The maximum Gasteiger partial charge on any atom is 0.303 e. The Hall–Kier alpha value is -2.89. The van der Waals surface area contributed by atoms with Gasteiger partial charge in [-0.05, 0) is 24.5 Å². The Labute approximate surface area is 159 Å². The molecule has 146 valence electrons. The lowest BCUT2D eigenvalue weighted by atomic mass is 9.93. The van der Waals surface area contributed by atoms with E-state index in [9.17, 15) is 4.79 Å². The third-order valence-corrected chi connectivity index (χ3v) is 4.60. The fourth-order valence-electron chi connectivity index (χ4n) is 3.27. The Balaban J connectivity index is 2.58. The third kappa shape index (κ3) is 4.27. The van der Waals surface area contributed by atoms with Crippen molar-refractivity contribution in [3.8, 4) is 23.0 Å². The normalized spacial score (nSPS) is 10.4. The van der Waals surface area contributed by atoms with E-state index in [-0.39, 0.29) is 6.42 Å². The second-order valence-electron chi connectivity index (χ2n) is 6.08. The van der Waals surface area contributed by atoms with E-state index in [1.165, 1.54) is 0 Å². The van der Waals surface area contributed by atoms with Gasteiger partial charge >= 0.3 is 5.97 Å². The first-order chi connectivity index (χ1) is 13.0. The summed E-state index contributed by atoms with van der Waals surface area (Å²) in [7, 11) is 6.28. The molecule has 0 bridgehead atoms. The largest absolute Gasteiger partial charge is 0.492 e. The molecule has 27 heavy (non-hydrogen) atoms. The van der Waals surface area contributed by atoms with Gasteiger partial charge in [-0.3, -0.25) is 4.79 Å². The molecule has 1 N–H and O–H groups in total. The predicted molar refractivity (Wildman–Crippen MR) is 103 cm³/mol. The SMILES string of the molecule is COc1c(C)c(Cc2ccccc2CCC(=O)O)c(OC)c(OC)c1OC. The summed E-state index contributed by atoms with van der Waals surface area (Å²) in [4.78, 5) is 11.0. The zero-order valence-corrected chi connectivity index (χ0v) is 16.4. The maximum atomic E-state index is 11.0. The van der Waals surface area contributed by atoms with Crippen LogP contribution in [0.25, 0.3) is 0 Å². The van der Waals surface area contributed by atoms with Crippen molar-refractivity contribution in [3.05, 3.63) is 46.5 Å². The van der Waals surface area contributed by atoms with E-state index in [4.69, 9.17) is 24.1 Å². The average Bonchev–Trinajstić information content (AvgIpc) is 2.67. The summed E-state index contributed by atoms with van der Waals surface area (Å²) < 4.78 is 22.2. The fraction of sp³-hybridized carbons (Fsp3) is 0.381. The quantitative estimate of drug-likeness (QED) is 0.722. The number of methoxy groups -OCH3 is 4. The molecule has 0 aliphatic rings. The molecule has 0 aliphatic carbocycles. The van der Waals surface area contributed by atoms with Gasteiger partial charge in [0.15, 0.2) is 11.5 Å². The molecule has 2 aromatic rings. The molecular weight excluding hydrogens is 348 g/mol. The number of hydrogen-bond acceptors (Lipinski definition) is 5. The fourth-order valence-corrected chi connectivity index (χ4v) is 3.27. The van der Waals surface area contributed by atoms with Gasteiger partial charge in [0.1, 0.15) is 0 Å². The monoisotopic (exact) mass is 374 g/mol. The van der Waals surface area contributed by atoms with Gasteiger partial charge in [-0.2, -0.15) is 0 Å². The van der Waals surface area contributed by atoms with E-state index in [1.54, 1.807) is 28.4 Å². The van der Waals surface area contributed by atoms with E-state index in [1.807, 2.05) is 31.2 Å². The number of hydrogen-bond donors (Lipinski definition) is 1. The van der Waals surface area contributed by atoms with Gasteiger partial charge in [0.25, 0.3) is 0 Å². The van der Waals surface area contributed by atoms with Gasteiger partial charge in [-0.15, -0.1) is 0 Å². The first-order valence-corrected chi connectivity index (χ1v) is 8.62. The molecule has 0 fully saturated rings. The summed E-state index contributed by atoms with van der Waals surface area (Å²) in [5, 5.41) is 9.01. The lowest BCUT2D eigenvalue weighted by molar-refractivity contribution is -0.136. The van der Waals surface area contributed by atoms with Crippen molar-refractivity contribution in [3.63, 3.8) is 0 Å². The lowest BCUT2D eigenvalue weighted by Gasteiger charge is -2.22. The minimum atomic E-state index is -0.814. The molecule has 0 atom stereocenters. The molecule has 0 unspecified atom stereocenters. The van der Waals surface area contributed by atoms with Gasteiger partial charge in [-0.25, -0.2) is 0 Å². The number of rotatable bonds is 9. The molecule has 6 nitrogen and oxygen atoms in total. The van der Waals surface area contributed by atoms with E-state index in [0.717, 1.165) is 22.3 Å². The van der Waals surface area contributed by atoms with Crippen LogP contribution in [0.5, 0.6) is 23.0 Å². The Morgan fingerprint density at radius 1 is 0.852 bits per heavy atom. The summed E-state index contributed by atoms with van der Waals surface area (Å²) in [6, 6.07) is 7.82. The topological polar surface area (TPSA) is 74.2 Å². The van der Waals surface area contributed by atoms with Crippen LogP contribution in [-0.4, -0.2) is 39.5 Å². The maximum absolute atomic E-state index is 11.0. The van der Waals surface area contributed by atoms with Crippen LogP contribution in [0.4, 0.5) is 0 Å². The highest BCUT2D eigenvalue weighted by atomic mass is 16.5. The van der Waals surface area contributed by atoms with Gasteiger partial charge in [-0.1, -0.05) is 24.3 Å². The van der Waals surface area contributed by atoms with E-state index >= 15 is 0 Å². The highest BCUT2D eigenvalue weighted by Crippen LogP contribution is 2.49. The number of aryl methyl sites for hydroxylation is 1. The van der Waals surface area contributed by atoms with Crippen LogP contribution < -0.4 is 18.9 Å². The van der Waals surface area contributed by atoms with Crippen molar-refractivity contribution in [2.45, 2.75) is 26.2 Å². The highest BCUT2D eigenvalue weighted by molar-refractivity contribution is 5.68. The zero-order valence-electron chi connectivity index (χ0n) is 16.4. The van der Waals surface area contributed by atoms with Crippen LogP contribution in [0.15, 0.2) is 24.3 Å². The van der Waals surface area contributed by atoms with Crippen molar-refractivity contribution in [1.29, 1.82) is 0 Å². The molecule has 0 heterocycles. The molecule has 2 aromatic carbocycles. The van der Waals surface area contributed by atoms with Crippen LogP contribution >= 0.6 is 0 Å². The molecule has 0 radical (unpaired) electrons. The summed E-state index contributed by atoms with van der Waals surface area (Å²) in [5.74, 6) is 1.32. The average molecular weight is 374 g/mol. The van der Waals surface area contributed by atoms with Crippen molar-refractivity contribution in [2.24, 2.45) is 0 Å². The highest BCUT2D eigenvalue weighted by Gasteiger charge is 2.25.